The van der Waals surface area contributed by atoms with Crippen molar-refractivity contribution in [2.75, 3.05) is 33.4 Å². The minimum Gasteiger partial charge on any atom is -0.462 e. The third kappa shape index (κ3) is 39.7. The number of rotatable bonds is 40. The van der Waals surface area contributed by atoms with Gasteiger partial charge in [0, 0.05) is 19.4 Å². The number of hydrogen-bond donors (Lipinski definition) is 2. The van der Waals surface area contributed by atoms with E-state index in [2.05, 4.69) is 67.8 Å². The van der Waals surface area contributed by atoms with Crippen LogP contribution in [-0.4, -0.2) is 56.3 Å². The second-order valence-corrected chi connectivity index (χ2v) is 15.6. The SMILES string of the molecule is CCCCC/C=C\C/C=C\C/C=C\CCCCCCC(=O)OCC(COP(=O)(O)OCCNC)OC(=O)CCCCCCCCC/C=C\CCCCCC. The van der Waals surface area contributed by atoms with Gasteiger partial charge in [-0.3, -0.25) is 18.6 Å². The first kappa shape index (κ1) is 52.0. The van der Waals surface area contributed by atoms with E-state index >= 15 is 0 Å². The van der Waals surface area contributed by atoms with E-state index in [-0.39, 0.29) is 26.1 Å². The van der Waals surface area contributed by atoms with E-state index in [0.717, 1.165) is 64.2 Å². The Kier molecular flexibility index (Phi) is 39.1. The fraction of sp³-hybridized carbons (Fsp3) is 0.773. The van der Waals surface area contributed by atoms with Crippen LogP contribution in [0.3, 0.4) is 0 Å². The molecule has 0 aliphatic carbocycles. The predicted molar refractivity (Wildman–Crippen MR) is 224 cm³/mol. The number of phosphoric ester groups is 1. The molecule has 0 aromatic rings. The Morgan fingerprint density at radius 1 is 0.574 bits per heavy atom. The molecule has 10 heteroatoms. The highest BCUT2D eigenvalue weighted by atomic mass is 31.2. The number of ether oxygens (including phenoxy) is 2. The molecule has 0 aromatic heterocycles. The highest BCUT2D eigenvalue weighted by molar-refractivity contribution is 7.47. The van der Waals surface area contributed by atoms with Crippen LogP contribution in [0.25, 0.3) is 0 Å². The summed E-state index contributed by atoms with van der Waals surface area (Å²) in [5, 5.41) is 2.82. The summed E-state index contributed by atoms with van der Waals surface area (Å²) >= 11 is 0. The Bertz CT molecular complexity index is 1030. The lowest BCUT2D eigenvalue weighted by molar-refractivity contribution is -0.161. The molecule has 2 atom stereocenters. The molecule has 0 aliphatic heterocycles. The second kappa shape index (κ2) is 40.6. The summed E-state index contributed by atoms with van der Waals surface area (Å²) in [4.78, 5) is 35.0. The number of likely N-dealkylation sites (N-methyl/N-ethyl adjacent to an activating group) is 1. The Morgan fingerprint density at radius 3 is 1.54 bits per heavy atom. The number of nitrogens with one attached hydrogen (secondary N) is 1. The van der Waals surface area contributed by atoms with Crippen molar-refractivity contribution in [2.24, 2.45) is 0 Å². The van der Waals surface area contributed by atoms with E-state index in [4.69, 9.17) is 18.5 Å². The third-order valence-electron chi connectivity index (χ3n) is 8.92. The number of unbranched alkanes of at least 4 members (excludes halogenated alkanes) is 18. The standard InChI is InChI=1S/C44H80NO8P/c1-4-6-8-10-12-14-16-18-20-21-23-24-26-28-30-32-34-36-43(46)50-40-42(41-52-54(48,49)51-39-38-45-3)53-44(47)37-35-33-31-29-27-25-22-19-17-15-13-11-9-7-5-2/h12,14-15,17-18,20,23-24,42,45H,4-11,13,16,19,21-22,25-41H2,1-3H3,(H,48,49)/b14-12-,17-15-,20-18-,24-23-. The Morgan fingerprint density at radius 2 is 1.00 bits per heavy atom. The molecule has 314 valence electrons. The van der Waals surface area contributed by atoms with Gasteiger partial charge in [0.2, 0.25) is 0 Å². The number of carbonyl (C=O) groups is 2. The van der Waals surface area contributed by atoms with Crippen LogP contribution in [0.1, 0.15) is 181 Å². The molecule has 0 aliphatic rings. The fourth-order valence-corrected chi connectivity index (χ4v) is 6.36. The van der Waals surface area contributed by atoms with Gasteiger partial charge in [0.1, 0.15) is 6.61 Å². The first-order valence-electron chi connectivity index (χ1n) is 21.6. The number of hydrogen-bond acceptors (Lipinski definition) is 8. The molecule has 0 saturated carbocycles. The molecule has 0 bridgehead atoms. The van der Waals surface area contributed by atoms with Gasteiger partial charge in [-0.15, -0.1) is 0 Å². The second-order valence-electron chi connectivity index (χ2n) is 14.2. The summed E-state index contributed by atoms with van der Waals surface area (Å²) < 4.78 is 33.2. The topological polar surface area (TPSA) is 120 Å². The van der Waals surface area contributed by atoms with Crippen LogP contribution >= 0.6 is 7.82 Å². The number of carbonyl (C=O) groups excluding carboxylic acids is 2. The van der Waals surface area contributed by atoms with Gasteiger partial charge < -0.3 is 19.7 Å². The van der Waals surface area contributed by atoms with Crippen LogP contribution in [0.2, 0.25) is 0 Å². The molecule has 0 spiro atoms. The fourth-order valence-electron chi connectivity index (χ4n) is 5.61. The largest absolute Gasteiger partial charge is 0.472 e. The molecule has 0 heterocycles. The Balaban J connectivity index is 4.28. The van der Waals surface area contributed by atoms with E-state index < -0.39 is 32.5 Å². The van der Waals surface area contributed by atoms with Crippen molar-refractivity contribution in [1.29, 1.82) is 0 Å². The molecule has 2 unspecified atom stereocenters. The first-order chi connectivity index (χ1) is 26.3. The molecule has 0 saturated heterocycles. The number of esters is 2. The zero-order valence-corrected chi connectivity index (χ0v) is 35.6. The maximum absolute atomic E-state index is 12.6. The number of allylic oxidation sites excluding steroid dienone is 8. The van der Waals surface area contributed by atoms with E-state index in [0.29, 0.717) is 19.4 Å². The molecule has 0 rings (SSSR count). The van der Waals surface area contributed by atoms with Crippen molar-refractivity contribution in [2.45, 2.75) is 187 Å². The van der Waals surface area contributed by atoms with E-state index in [1.54, 1.807) is 7.05 Å². The minimum atomic E-state index is -4.35. The predicted octanol–water partition coefficient (Wildman–Crippen LogP) is 12.2. The van der Waals surface area contributed by atoms with Gasteiger partial charge in [-0.25, -0.2) is 4.57 Å². The summed E-state index contributed by atoms with van der Waals surface area (Å²) in [5.41, 5.74) is 0. The van der Waals surface area contributed by atoms with Crippen LogP contribution in [0, 0.1) is 0 Å². The monoisotopic (exact) mass is 782 g/mol. The average Bonchev–Trinajstić information content (AvgIpc) is 3.15. The maximum Gasteiger partial charge on any atom is 0.472 e. The summed E-state index contributed by atoms with van der Waals surface area (Å²) in [7, 11) is -2.66. The lowest BCUT2D eigenvalue weighted by atomic mass is 10.1. The summed E-state index contributed by atoms with van der Waals surface area (Å²) in [5.74, 6) is -0.838. The van der Waals surface area contributed by atoms with Crippen molar-refractivity contribution in [1.82, 2.24) is 5.32 Å². The molecule has 0 fully saturated rings. The molecular formula is C44H80NO8P. The smallest absolute Gasteiger partial charge is 0.462 e. The summed E-state index contributed by atoms with van der Waals surface area (Å²) in [6, 6.07) is 0. The lowest BCUT2D eigenvalue weighted by Gasteiger charge is -2.20. The lowest BCUT2D eigenvalue weighted by Crippen LogP contribution is -2.29. The molecule has 54 heavy (non-hydrogen) atoms. The van der Waals surface area contributed by atoms with Crippen molar-refractivity contribution in [3.63, 3.8) is 0 Å². The molecule has 0 aromatic carbocycles. The van der Waals surface area contributed by atoms with Gasteiger partial charge >= 0.3 is 19.8 Å². The van der Waals surface area contributed by atoms with Gasteiger partial charge in [-0.2, -0.15) is 0 Å². The summed E-state index contributed by atoms with van der Waals surface area (Å²) in [6.45, 7) is 4.15. The molecular weight excluding hydrogens is 701 g/mol. The third-order valence-corrected chi connectivity index (χ3v) is 9.91. The van der Waals surface area contributed by atoms with Gasteiger partial charge in [0.25, 0.3) is 0 Å². The highest BCUT2D eigenvalue weighted by Gasteiger charge is 2.26. The van der Waals surface area contributed by atoms with E-state index in [1.807, 2.05) is 0 Å². The van der Waals surface area contributed by atoms with Gasteiger partial charge in [-0.1, -0.05) is 140 Å². The van der Waals surface area contributed by atoms with Crippen LogP contribution in [0.4, 0.5) is 0 Å². The zero-order valence-electron chi connectivity index (χ0n) is 34.7. The van der Waals surface area contributed by atoms with Crippen molar-refractivity contribution < 1.29 is 37.6 Å². The van der Waals surface area contributed by atoms with Crippen LogP contribution < -0.4 is 5.32 Å². The molecule has 0 radical (unpaired) electrons. The van der Waals surface area contributed by atoms with E-state index in [9.17, 15) is 19.0 Å². The van der Waals surface area contributed by atoms with Gasteiger partial charge in [0.15, 0.2) is 6.10 Å². The quantitative estimate of drug-likeness (QED) is 0.0271. The van der Waals surface area contributed by atoms with Crippen LogP contribution in [0.5, 0.6) is 0 Å². The van der Waals surface area contributed by atoms with Crippen LogP contribution in [-0.2, 0) is 32.7 Å². The van der Waals surface area contributed by atoms with Gasteiger partial charge in [-0.05, 0) is 84.1 Å². The highest BCUT2D eigenvalue weighted by Crippen LogP contribution is 2.43. The molecule has 0 amide bonds. The van der Waals surface area contributed by atoms with Crippen molar-refractivity contribution >= 4 is 19.8 Å². The Labute approximate surface area is 330 Å². The normalized spacial score (nSPS) is 13.8. The van der Waals surface area contributed by atoms with Crippen LogP contribution in [0.15, 0.2) is 48.6 Å². The maximum atomic E-state index is 12.6. The minimum absolute atomic E-state index is 0.0229. The van der Waals surface area contributed by atoms with E-state index in [1.165, 1.54) is 77.0 Å². The van der Waals surface area contributed by atoms with Gasteiger partial charge in [0.05, 0.1) is 13.2 Å². The Hall–Kier alpha value is -2.03. The zero-order chi connectivity index (χ0) is 39.6. The average molecular weight is 782 g/mol. The van der Waals surface area contributed by atoms with Crippen molar-refractivity contribution in [3.05, 3.63) is 48.6 Å². The summed E-state index contributed by atoms with van der Waals surface area (Å²) in [6.07, 6.45) is 44.3. The molecule has 9 nitrogen and oxygen atoms in total. The molecule has 2 N–H and O–H groups in total. The van der Waals surface area contributed by atoms with Crippen molar-refractivity contribution in [3.8, 4) is 0 Å². The first-order valence-corrected chi connectivity index (χ1v) is 23.1. The number of phosphoric acid groups is 1.